The van der Waals surface area contributed by atoms with Gasteiger partial charge in [-0.25, -0.2) is 0 Å². The molecular weight excluding hydrogens is 293 g/mol. The third-order valence-corrected chi connectivity index (χ3v) is 3.45. The molecule has 2 nitrogen and oxygen atoms in total. The Kier molecular flexibility index (Phi) is 5.33. The van der Waals surface area contributed by atoms with Gasteiger partial charge in [0.05, 0.1) is 10.0 Å². The average molecular weight is 308 g/mol. The van der Waals surface area contributed by atoms with E-state index < -0.39 is 0 Å². The van der Waals surface area contributed by atoms with Crippen molar-refractivity contribution in [2.75, 3.05) is 11.9 Å². The first kappa shape index (κ1) is 14.8. The van der Waals surface area contributed by atoms with E-state index in [9.17, 15) is 0 Å². The van der Waals surface area contributed by atoms with E-state index in [2.05, 4.69) is 11.9 Å². The largest absolute Gasteiger partial charge is 0.490 e. The molecule has 0 heterocycles. The van der Waals surface area contributed by atoms with E-state index in [0.717, 1.165) is 17.0 Å². The van der Waals surface area contributed by atoms with Crippen molar-refractivity contribution in [1.82, 2.24) is 0 Å². The van der Waals surface area contributed by atoms with Crippen molar-refractivity contribution in [3.05, 3.63) is 70.7 Å². The minimum absolute atomic E-state index is 0.515. The molecule has 0 bridgehead atoms. The molecule has 1 N–H and O–H groups in total. The van der Waals surface area contributed by atoms with Crippen LogP contribution < -0.4 is 10.1 Å². The molecule has 0 saturated carbocycles. The van der Waals surface area contributed by atoms with E-state index in [4.69, 9.17) is 27.9 Å². The van der Waals surface area contributed by atoms with Gasteiger partial charge in [0, 0.05) is 12.2 Å². The number of hydrogen-bond acceptors (Lipinski definition) is 2. The molecule has 2 aromatic carbocycles. The lowest BCUT2D eigenvalue weighted by molar-refractivity contribution is 0.363. The molecule has 0 aromatic heterocycles. The second-order valence-corrected chi connectivity index (χ2v) is 5.04. The maximum Gasteiger partial charge on any atom is 0.119 e. The van der Waals surface area contributed by atoms with E-state index in [1.807, 2.05) is 36.4 Å². The number of hydrogen-bond donors (Lipinski definition) is 1. The van der Waals surface area contributed by atoms with Crippen molar-refractivity contribution in [2.24, 2.45) is 0 Å². The predicted octanol–water partition coefficient (Wildman–Crippen LogP) is 5.17. The summed E-state index contributed by atoms with van der Waals surface area (Å²) in [7, 11) is 0. The third kappa shape index (κ3) is 4.19. The maximum atomic E-state index is 5.97. The first-order valence-electron chi connectivity index (χ1n) is 6.20. The second kappa shape index (κ2) is 7.22. The van der Waals surface area contributed by atoms with Gasteiger partial charge >= 0.3 is 0 Å². The smallest absolute Gasteiger partial charge is 0.119 e. The van der Waals surface area contributed by atoms with E-state index in [1.165, 1.54) is 0 Å². The number of rotatable bonds is 6. The monoisotopic (exact) mass is 307 g/mol. The molecule has 0 spiro atoms. The van der Waals surface area contributed by atoms with Gasteiger partial charge in [0.25, 0.3) is 0 Å². The fourth-order valence-electron chi connectivity index (χ4n) is 1.67. The van der Waals surface area contributed by atoms with Crippen LogP contribution in [-0.4, -0.2) is 6.61 Å². The maximum absolute atomic E-state index is 5.97. The van der Waals surface area contributed by atoms with Crippen LogP contribution in [0.1, 0.15) is 5.56 Å². The normalized spacial score (nSPS) is 10.1. The van der Waals surface area contributed by atoms with Crippen LogP contribution in [0.5, 0.6) is 5.75 Å². The molecule has 0 unspecified atom stereocenters. The van der Waals surface area contributed by atoms with Gasteiger partial charge in [0.1, 0.15) is 12.4 Å². The molecule has 0 aliphatic carbocycles. The number of nitrogens with one attached hydrogen (secondary N) is 1. The molecule has 2 rings (SSSR count). The number of ether oxygens (including phenoxy) is 1. The van der Waals surface area contributed by atoms with Crippen LogP contribution in [0.4, 0.5) is 5.69 Å². The lowest BCUT2D eigenvalue weighted by atomic mass is 10.2. The third-order valence-electron chi connectivity index (χ3n) is 2.71. The second-order valence-electron chi connectivity index (χ2n) is 4.23. The number of halogens is 2. The summed E-state index contributed by atoms with van der Waals surface area (Å²) in [4.78, 5) is 0. The SMILES string of the molecule is C=CCOc1ccc(CNc2ccc(Cl)c(Cl)c2)cc1. The summed E-state index contributed by atoms with van der Waals surface area (Å²) < 4.78 is 5.43. The Bertz CT molecular complexity index is 582. The first-order chi connectivity index (χ1) is 9.69. The lowest BCUT2D eigenvalue weighted by Gasteiger charge is -2.08. The van der Waals surface area contributed by atoms with Crippen molar-refractivity contribution in [3.8, 4) is 5.75 Å². The zero-order valence-electron chi connectivity index (χ0n) is 10.9. The molecule has 104 valence electrons. The molecule has 0 fully saturated rings. The summed E-state index contributed by atoms with van der Waals surface area (Å²) in [5, 5.41) is 4.39. The first-order valence-corrected chi connectivity index (χ1v) is 6.96. The molecule has 0 atom stereocenters. The highest BCUT2D eigenvalue weighted by atomic mass is 35.5. The van der Waals surface area contributed by atoms with E-state index in [-0.39, 0.29) is 0 Å². The van der Waals surface area contributed by atoms with Gasteiger partial charge in [-0.15, -0.1) is 0 Å². The Morgan fingerprint density at radius 3 is 2.45 bits per heavy atom. The summed E-state index contributed by atoms with van der Waals surface area (Å²) in [5.74, 6) is 0.836. The minimum Gasteiger partial charge on any atom is -0.490 e. The number of benzene rings is 2. The Morgan fingerprint density at radius 1 is 1.05 bits per heavy atom. The van der Waals surface area contributed by atoms with Crippen molar-refractivity contribution in [2.45, 2.75) is 6.54 Å². The van der Waals surface area contributed by atoms with Gasteiger partial charge in [0.2, 0.25) is 0 Å². The fourth-order valence-corrected chi connectivity index (χ4v) is 1.97. The molecule has 0 amide bonds. The van der Waals surface area contributed by atoms with E-state index in [0.29, 0.717) is 23.2 Å². The standard InChI is InChI=1S/C16H15Cl2NO/c1-2-9-20-14-6-3-12(4-7-14)11-19-13-5-8-15(17)16(18)10-13/h2-8,10,19H,1,9,11H2. The predicted molar refractivity (Wildman–Crippen MR) is 85.9 cm³/mol. The van der Waals surface area contributed by atoms with E-state index in [1.54, 1.807) is 12.1 Å². The molecule has 4 heteroatoms. The Hall–Kier alpha value is -1.64. The highest BCUT2D eigenvalue weighted by Gasteiger charge is 2.00. The molecular formula is C16H15Cl2NO. The molecule has 0 aliphatic heterocycles. The van der Waals surface area contributed by atoms with Crippen LogP contribution in [0.25, 0.3) is 0 Å². The van der Waals surface area contributed by atoms with Gasteiger partial charge < -0.3 is 10.1 Å². The van der Waals surface area contributed by atoms with Crippen LogP contribution in [0.3, 0.4) is 0 Å². The molecule has 0 saturated heterocycles. The van der Waals surface area contributed by atoms with Gasteiger partial charge in [0.15, 0.2) is 0 Å². The number of anilines is 1. The highest BCUT2D eigenvalue weighted by molar-refractivity contribution is 6.42. The summed E-state index contributed by atoms with van der Waals surface area (Å²) in [6.07, 6.45) is 1.72. The Morgan fingerprint density at radius 2 is 1.80 bits per heavy atom. The van der Waals surface area contributed by atoms with Crippen molar-refractivity contribution in [3.63, 3.8) is 0 Å². The topological polar surface area (TPSA) is 21.3 Å². The van der Waals surface area contributed by atoms with Gasteiger partial charge in [-0.2, -0.15) is 0 Å². The van der Waals surface area contributed by atoms with Crippen LogP contribution in [0.15, 0.2) is 55.1 Å². The van der Waals surface area contributed by atoms with Crippen LogP contribution in [-0.2, 0) is 6.54 Å². The fraction of sp³-hybridized carbons (Fsp3) is 0.125. The summed E-state index contributed by atoms with van der Waals surface area (Å²) in [5.41, 5.74) is 2.09. The average Bonchev–Trinajstić information content (AvgIpc) is 2.47. The zero-order chi connectivity index (χ0) is 14.4. The lowest BCUT2D eigenvalue weighted by Crippen LogP contribution is -1.99. The summed E-state index contributed by atoms with van der Waals surface area (Å²) >= 11 is 11.8. The van der Waals surface area contributed by atoms with Gasteiger partial charge in [-0.05, 0) is 35.9 Å². The molecule has 20 heavy (non-hydrogen) atoms. The van der Waals surface area contributed by atoms with Crippen LogP contribution in [0, 0.1) is 0 Å². The minimum atomic E-state index is 0.515. The summed E-state index contributed by atoms with van der Waals surface area (Å²) in [6.45, 7) is 4.84. The molecule has 2 aromatic rings. The Balaban J connectivity index is 1.93. The highest BCUT2D eigenvalue weighted by Crippen LogP contribution is 2.25. The van der Waals surface area contributed by atoms with Crippen LogP contribution >= 0.6 is 23.2 Å². The van der Waals surface area contributed by atoms with Gasteiger partial charge in [-0.3, -0.25) is 0 Å². The quantitative estimate of drug-likeness (QED) is 0.743. The zero-order valence-corrected chi connectivity index (χ0v) is 12.4. The van der Waals surface area contributed by atoms with Crippen molar-refractivity contribution >= 4 is 28.9 Å². The summed E-state index contributed by atoms with van der Waals surface area (Å²) in [6, 6.07) is 13.4. The van der Waals surface area contributed by atoms with Crippen LogP contribution in [0.2, 0.25) is 10.0 Å². The van der Waals surface area contributed by atoms with E-state index >= 15 is 0 Å². The Labute approximate surface area is 129 Å². The molecule has 0 aliphatic rings. The van der Waals surface area contributed by atoms with Crippen molar-refractivity contribution < 1.29 is 4.74 Å². The molecule has 0 radical (unpaired) electrons. The van der Waals surface area contributed by atoms with Crippen molar-refractivity contribution in [1.29, 1.82) is 0 Å². The van der Waals surface area contributed by atoms with Gasteiger partial charge in [-0.1, -0.05) is 48.0 Å².